The first-order chi connectivity index (χ1) is 15.8. The maximum Gasteiger partial charge on any atom is 0.0697 e. The summed E-state index contributed by atoms with van der Waals surface area (Å²) >= 11 is 0. The highest BCUT2D eigenvalue weighted by atomic mass is 16.5. The fourth-order valence-corrected chi connectivity index (χ4v) is 4.68. The average Bonchev–Trinajstić information content (AvgIpc) is 2.81. The molecule has 0 heterocycles. The van der Waals surface area contributed by atoms with Gasteiger partial charge in [-0.05, 0) is 12.8 Å². The zero-order valence-corrected chi connectivity index (χ0v) is 22.7. The molecule has 0 bridgehead atoms. The zero-order valence-electron chi connectivity index (χ0n) is 22.7. The molecule has 0 aromatic carbocycles. The Bertz CT molecular complexity index is 320. The number of hydrogen-bond donors (Lipinski definition) is 1. The lowest BCUT2D eigenvalue weighted by molar-refractivity contribution is 0.0489. The smallest absolute Gasteiger partial charge is 0.0697 e. The lowest BCUT2D eigenvalue weighted by Gasteiger charge is -2.16. The number of hydrogen-bond acceptors (Lipinski definition) is 2. The van der Waals surface area contributed by atoms with E-state index >= 15 is 0 Å². The summed E-state index contributed by atoms with van der Waals surface area (Å²) in [4.78, 5) is 0. The highest BCUT2D eigenvalue weighted by Gasteiger charge is 2.06. The molecule has 2 nitrogen and oxygen atoms in total. The van der Waals surface area contributed by atoms with Crippen molar-refractivity contribution in [1.82, 2.24) is 0 Å². The van der Waals surface area contributed by atoms with Gasteiger partial charge in [-0.25, -0.2) is 0 Å². The van der Waals surface area contributed by atoms with Crippen LogP contribution in [0.4, 0.5) is 0 Å². The summed E-state index contributed by atoms with van der Waals surface area (Å²) in [6.07, 6.45) is 35.2. The molecule has 32 heavy (non-hydrogen) atoms. The lowest BCUT2D eigenvalue weighted by atomic mass is 10.0. The Labute approximate surface area is 204 Å². The van der Waals surface area contributed by atoms with Crippen LogP contribution in [0.5, 0.6) is 0 Å². The van der Waals surface area contributed by atoms with Gasteiger partial charge in [0.1, 0.15) is 0 Å². The van der Waals surface area contributed by atoms with Gasteiger partial charge in [-0.15, -0.1) is 0 Å². The molecule has 0 aliphatic carbocycles. The van der Waals surface area contributed by atoms with Gasteiger partial charge in [0, 0.05) is 13.2 Å². The third kappa shape index (κ3) is 26.2. The normalized spacial score (nSPS) is 12.5. The fraction of sp³-hybridized carbons (Fsp3) is 1.00. The van der Waals surface area contributed by atoms with E-state index in [9.17, 15) is 0 Å². The van der Waals surface area contributed by atoms with Gasteiger partial charge in [-0.3, -0.25) is 0 Å². The van der Waals surface area contributed by atoms with Crippen LogP contribution in [0.1, 0.15) is 174 Å². The van der Waals surface area contributed by atoms with Gasteiger partial charge < -0.3 is 10.5 Å². The van der Waals surface area contributed by atoms with E-state index in [4.69, 9.17) is 10.5 Å². The quantitative estimate of drug-likeness (QED) is 0.120. The van der Waals surface area contributed by atoms with Crippen LogP contribution >= 0.6 is 0 Å². The predicted octanol–water partition coefficient (Wildman–Crippen LogP) is 10.1. The Morgan fingerprint density at radius 2 is 0.750 bits per heavy atom. The molecule has 0 saturated carbocycles. The molecule has 1 unspecified atom stereocenters. The maximum absolute atomic E-state index is 6.05. The van der Waals surface area contributed by atoms with Crippen molar-refractivity contribution in [3.05, 3.63) is 0 Å². The van der Waals surface area contributed by atoms with Crippen LogP contribution in [0.3, 0.4) is 0 Å². The molecule has 2 N–H and O–H groups in total. The fourth-order valence-electron chi connectivity index (χ4n) is 4.68. The maximum atomic E-state index is 6.05. The zero-order chi connectivity index (χ0) is 23.4. The van der Waals surface area contributed by atoms with Crippen LogP contribution in [0.15, 0.2) is 0 Å². The molecule has 0 aromatic heterocycles. The second-order valence-electron chi connectivity index (χ2n) is 10.3. The standard InChI is InChI=1S/C30H63NO/c1-3-5-7-9-11-13-15-16-17-18-19-21-23-25-27-30(29-31)32-28-26-24-22-20-14-12-10-8-6-4-2/h30H,3-29,31H2,1-2H3. The highest BCUT2D eigenvalue weighted by Crippen LogP contribution is 2.15. The Balaban J connectivity index is 3.26. The van der Waals surface area contributed by atoms with Crippen molar-refractivity contribution in [3.8, 4) is 0 Å². The van der Waals surface area contributed by atoms with Crippen molar-refractivity contribution < 1.29 is 4.74 Å². The van der Waals surface area contributed by atoms with Crippen LogP contribution < -0.4 is 5.73 Å². The second kappa shape index (κ2) is 29.0. The van der Waals surface area contributed by atoms with Crippen molar-refractivity contribution in [2.24, 2.45) is 5.73 Å². The van der Waals surface area contributed by atoms with E-state index in [1.54, 1.807) is 0 Å². The van der Waals surface area contributed by atoms with Crippen LogP contribution in [0.2, 0.25) is 0 Å². The number of rotatable bonds is 28. The highest BCUT2D eigenvalue weighted by molar-refractivity contribution is 4.60. The monoisotopic (exact) mass is 453 g/mol. The van der Waals surface area contributed by atoms with Crippen molar-refractivity contribution in [2.45, 2.75) is 180 Å². The van der Waals surface area contributed by atoms with Crippen molar-refractivity contribution in [3.63, 3.8) is 0 Å². The minimum atomic E-state index is 0.297. The van der Waals surface area contributed by atoms with E-state index in [-0.39, 0.29) is 0 Å². The molecule has 0 radical (unpaired) electrons. The molecule has 0 aliphatic heterocycles. The number of nitrogens with two attached hydrogens (primary N) is 1. The topological polar surface area (TPSA) is 35.2 Å². The second-order valence-corrected chi connectivity index (χ2v) is 10.3. The Morgan fingerprint density at radius 1 is 0.438 bits per heavy atom. The van der Waals surface area contributed by atoms with Crippen LogP contribution in [-0.2, 0) is 4.74 Å². The van der Waals surface area contributed by atoms with E-state index in [1.807, 2.05) is 0 Å². The average molecular weight is 454 g/mol. The Morgan fingerprint density at radius 3 is 1.09 bits per heavy atom. The summed E-state index contributed by atoms with van der Waals surface area (Å²) in [7, 11) is 0. The minimum absolute atomic E-state index is 0.297. The Hall–Kier alpha value is -0.0800. The predicted molar refractivity (Wildman–Crippen MR) is 146 cm³/mol. The minimum Gasteiger partial charge on any atom is -0.377 e. The van der Waals surface area contributed by atoms with E-state index < -0.39 is 0 Å². The summed E-state index contributed by atoms with van der Waals surface area (Å²) in [5, 5.41) is 0. The van der Waals surface area contributed by atoms with Gasteiger partial charge in [0.05, 0.1) is 6.10 Å². The van der Waals surface area contributed by atoms with Crippen LogP contribution in [-0.4, -0.2) is 19.3 Å². The van der Waals surface area contributed by atoms with Gasteiger partial charge in [0.2, 0.25) is 0 Å². The Kier molecular flexibility index (Phi) is 28.9. The lowest BCUT2D eigenvalue weighted by Crippen LogP contribution is -2.24. The van der Waals surface area contributed by atoms with E-state index in [0.29, 0.717) is 12.6 Å². The molecular formula is C30H63NO. The largest absolute Gasteiger partial charge is 0.377 e. The summed E-state index contributed by atoms with van der Waals surface area (Å²) in [6, 6.07) is 0. The summed E-state index contributed by atoms with van der Waals surface area (Å²) in [6.45, 7) is 6.19. The summed E-state index contributed by atoms with van der Waals surface area (Å²) in [5.74, 6) is 0. The molecule has 0 fully saturated rings. The number of unbranched alkanes of at least 4 members (excludes halogenated alkanes) is 22. The molecule has 0 amide bonds. The SMILES string of the molecule is CCCCCCCCCCCCCCCCC(CN)OCCCCCCCCCCCC. The summed E-state index contributed by atoms with van der Waals surface area (Å²) < 4.78 is 6.05. The molecule has 0 rings (SSSR count). The van der Waals surface area contributed by atoms with Crippen molar-refractivity contribution in [2.75, 3.05) is 13.2 Å². The van der Waals surface area contributed by atoms with Crippen molar-refractivity contribution >= 4 is 0 Å². The first-order valence-corrected chi connectivity index (χ1v) is 15.2. The molecule has 0 spiro atoms. The van der Waals surface area contributed by atoms with Gasteiger partial charge in [-0.2, -0.15) is 0 Å². The molecule has 0 aromatic rings. The van der Waals surface area contributed by atoms with Gasteiger partial charge in [-0.1, -0.05) is 162 Å². The molecule has 0 saturated heterocycles. The van der Waals surface area contributed by atoms with E-state index in [0.717, 1.165) is 13.0 Å². The van der Waals surface area contributed by atoms with Gasteiger partial charge >= 0.3 is 0 Å². The van der Waals surface area contributed by atoms with Gasteiger partial charge in [0.25, 0.3) is 0 Å². The third-order valence-electron chi connectivity index (χ3n) is 6.99. The molecular weight excluding hydrogens is 390 g/mol. The molecule has 1 atom stereocenters. The third-order valence-corrected chi connectivity index (χ3v) is 6.99. The molecule has 194 valence electrons. The van der Waals surface area contributed by atoms with E-state index in [1.165, 1.54) is 154 Å². The van der Waals surface area contributed by atoms with Crippen molar-refractivity contribution in [1.29, 1.82) is 0 Å². The van der Waals surface area contributed by atoms with E-state index in [2.05, 4.69) is 13.8 Å². The first-order valence-electron chi connectivity index (χ1n) is 15.2. The molecule has 2 heteroatoms. The van der Waals surface area contributed by atoms with Crippen LogP contribution in [0.25, 0.3) is 0 Å². The number of ether oxygens (including phenoxy) is 1. The van der Waals surface area contributed by atoms with Gasteiger partial charge in [0.15, 0.2) is 0 Å². The van der Waals surface area contributed by atoms with Crippen LogP contribution in [0, 0.1) is 0 Å². The molecule has 0 aliphatic rings. The first kappa shape index (κ1) is 31.9. The summed E-state index contributed by atoms with van der Waals surface area (Å²) in [5.41, 5.74) is 5.93.